The van der Waals surface area contributed by atoms with Crippen LogP contribution in [0.5, 0.6) is 0 Å². The molecule has 164 valence electrons. The van der Waals surface area contributed by atoms with Crippen molar-refractivity contribution >= 4 is 17.7 Å². The molecule has 1 N–H and O–H groups in total. The van der Waals surface area contributed by atoms with Gasteiger partial charge in [-0.2, -0.15) is 0 Å². The Bertz CT molecular complexity index is 448. The van der Waals surface area contributed by atoms with Crippen molar-refractivity contribution in [2.75, 3.05) is 13.2 Å². The summed E-state index contributed by atoms with van der Waals surface area (Å²) in [6.45, 7) is 5.73. The molecule has 0 aromatic carbocycles. The first-order chi connectivity index (χ1) is 13.4. The smallest absolute Gasteiger partial charge is 0.346 e. The monoisotopic (exact) mass is 400 g/mol. The van der Waals surface area contributed by atoms with Gasteiger partial charge < -0.3 is 14.6 Å². The Kier molecular flexibility index (Phi) is 15.7. The van der Waals surface area contributed by atoms with Gasteiger partial charge in [0, 0.05) is 0 Å². The Morgan fingerprint density at radius 2 is 1.14 bits per heavy atom. The van der Waals surface area contributed by atoms with Gasteiger partial charge in [-0.05, 0) is 19.8 Å². The van der Waals surface area contributed by atoms with Gasteiger partial charge in [-0.15, -0.1) is 0 Å². The van der Waals surface area contributed by atoms with Gasteiger partial charge in [0.15, 0.2) is 5.78 Å². The summed E-state index contributed by atoms with van der Waals surface area (Å²) < 4.78 is 10.1. The number of aliphatic hydroxyl groups is 1. The molecular formula is C22H40O6. The second-order valence-electron chi connectivity index (χ2n) is 7.49. The fraction of sp³-hybridized carbons (Fsp3) is 0.864. The zero-order valence-electron chi connectivity index (χ0n) is 18.1. The van der Waals surface area contributed by atoms with Crippen molar-refractivity contribution in [3.63, 3.8) is 0 Å². The Balaban J connectivity index is 4.17. The highest BCUT2D eigenvalue weighted by Gasteiger charge is 2.45. The molecule has 0 spiro atoms. The van der Waals surface area contributed by atoms with Crippen molar-refractivity contribution in [3.8, 4) is 0 Å². The minimum atomic E-state index is -2.46. The van der Waals surface area contributed by atoms with E-state index in [1.54, 1.807) is 0 Å². The lowest BCUT2D eigenvalue weighted by Gasteiger charge is -2.22. The highest BCUT2D eigenvalue weighted by molar-refractivity contribution is 6.08. The molecule has 0 unspecified atom stereocenters. The molecule has 1 atom stereocenters. The van der Waals surface area contributed by atoms with Crippen LogP contribution in [0.2, 0.25) is 0 Å². The summed E-state index contributed by atoms with van der Waals surface area (Å²) in [5, 5.41) is 10.4. The first kappa shape index (κ1) is 26.6. The molecular weight excluding hydrogens is 360 g/mol. The van der Waals surface area contributed by atoms with Gasteiger partial charge in [-0.25, -0.2) is 4.79 Å². The minimum Gasteiger partial charge on any atom is -0.466 e. The number of unbranched alkanes of at least 4 members (excludes halogenated alkanes) is 10. The van der Waals surface area contributed by atoms with E-state index >= 15 is 0 Å². The van der Waals surface area contributed by atoms with Gasteiger partial charge in [0.25, 0.3) is 0 Å². The molecule has 0 aromatic heterocycles. The summed E-state index contributed by atoms with van der Waals surface area (Å²) in [4.78, 5) is 35.9. The molecule has 0 fully saturated rings. The summed E-state index contributed by atoms with van der Waals surface area (Å²) in [5.74, 6) is -2.63. The highest BCUT2D eigenvalue weighted by Crippen LogP contribution is 2.17. The molecule has 0 saturated heterocycles. The molecule has 0 rings (SSSR count). The topological polar surface area (TPSA) is 89.9 Å². The maximum atomic E-state index is 12.2. The number of ketones is 1. The predicted octanol–water partition coefficient (Wildman–Crippen LogP) is 4.50. The van der Waals surface area contributed by atoms with Crippen molar-refractivity contribution in [3.05, 3.63) is 0 Å². The van der Waals surface area contributed by atoms with Gasteiger partial charge in [-0.3, -0.25) is 9.59 Å². The average molecular weight is 401 g/mol. The fourth-order valence-electron chi connectivity index (χ4n) is 2.84. The van der Waals surface area contributed by atoms with Gasteiger partial charge in [0.2, 0.25) is 5.60 Å². The number of hydrogen-bond acceptors (Lipinski definition) is 6. The SMILES string of the molecule is CCCCCCCCOC(=O)C[C@@](O)(C(C)=O)C(=O)OCCCCCCCC. The van der Waals surface area contributed by atoms with Crippen molar-refractivity contribution in [1.29, 1.82) is 0 Å². The highest BCUT2D eigenvalue weighted by atomic mass is 16.6. The second-order valence-corrected chi connectivity index (χ2v) is 7.49. The van der Waals surface area contributed by atoms with Crippen LogP contribution in [0.25, 0.3) is 0 Å². The molecule has 0 aliphatic rings. The van der Waals surface area contributed by atoms with Gasteiger partial charge in [-0.1, -0.05) is 78.1 Å². The lowest BCUT2D eigenvalue weighted by molar-refractivity contribution is -0.176. The summed E-state index contributed by atoms with van der Waals surface area (Å²) in [5.41, 5.74) is -2.46. The number of rotatable bonds is 18. The van der Waals surface area contributed by atoms with Crippen LogP contribution in [0, 0.1) is 0 Å². The third-order valence-electron chi connectivity index (χ3n) is 4.81. The number of ether oxygens (including phenoxy) is 2. The Labute approximate surface area is 170 Å². The lowest BCUT2D eigenvalue weighted by Crippen LogP contribution is -2.48. The van der Waals surface area contributed by atoms with Gasteiger partial charge >= 0.3 is 11.9 Å². The molecule has 0 heterocycles. The number of carbonyl (C=O) groups is 3. The van der Waals surface area contributed by atoms with E-state index in [-0.39, 0.29) is 13.2 Å². The van der Waals surface area contributed by atoms with Crippen LogP contribution in [0.1, 0.15) is 104 Å². The molecule has 0 aliphatic heterocycles. The van der Waals surface area contributed by atoms with E-state index in [4.69, 9.17) is 9.47 Å². The normalized spacial score (nSPS) is 13.0. The minimum absolute atomic E-state index is 0.132. The zero-order chi connectivity index (χ0) is 21.3. The van der Waals surface area contributed by atoms with E-state index in [2.05, 4.69) is 13.8 Å². The molecule has 28 heavy (non-hydrogen) atoms. The average Bonchev–Trinajstić information content (AvgIpc) is 2.66. The maximum Gasteiger partial charge on any atom is 0.346 e. The Morgan fingerprint density at radius 3 is 1.61 bits per heavy atom. The molecule has 6 heteroatoms. The van der Waals surface area contributed by atoms with E-state index < -0.39 is 29.7 Å². The zero-order valence-corrected chi connectivity index (χ0v) is 18.1. The summed E-state index contributed by atoms with van der Waals surface area (Å²) >= 11 is 0. The van der Waals surface area contributed by atoms with Gasteiger partial charge in [0.1, 0.15) is 0 Å². The maximum absolute atomic E-state index is 12.2. The van der Waals surface area contributed by atoms with E-state index in [1.807, 2.05) is 0 Å². The molecule has 6 nitrogen and oxygen atoms in total. The third kappa shape index (κ3) is 12.1. The first-order valence-electron chi connectivity index (χ1n) is 10.9. The number of hydrogen-bond donors (Lipinski definition) is 1. The Morgan fingerprint density at radius 1 is 0.714 bits per heavy atom. The first-order valence-corrected chi connectivity index (χ1v) is 10.9. The van der Waals surface area contributed by atoms with E-state index in [9.17, 15) is 19.5 Å². The van der Waals surface area contributed by atoms with E-state index in [1.165, 1.54) is 25.7 Å². The predicted molar refractivity (Wildman–Crippen MR) is 109 cm³/mol. The van der Waals surface area contributed by atoms with Crippen molar-refractivity contribution < 1.29 is 29.0 Å². The van der Waals surface area contributed by atoms with Crippen molar-refractivity contribution in [2.45, 2.75) is 110 Å². The molecule has 0 radical (unpaired) electrons. The Hall–Kier alpha value is -1.43. The van der Waals surface area contributed by atoms with Crippen LogP contribution in [-0.4, -0.2) is 41.6 Å². The van der Waals surface area contributed by atoms with Crippen molar-refractivity contribution in [1.82, 2.24) is 0 Å². The summed E-state index contributed by atoms with van der Waals surface area (Å²) in [6, 6.07) is 0. The molecule has 0 saturated carbocycles. The fourth-order valence-corrected chi connectivity index (χ4v) is 2.84. The summed E-state index contributed by atoms with van der Waals surface area (Å²) in [7, 11) is 0. The second kappa shape index (κ2) is 16.5. The number of esters is 2. The van der Waals surface area contributed by atoms with E-state index in [0.717, 1.165) is 51.9 Å². The van der Waals surface area contributed by atoms with Crippen LogP contribution in [0.3, 0.4) is 0 Å². The van der Waals surface area contributed by atoms with Crippen molar-refractivity contribution in [2.24, 2.45) is 0 Å². The molecule has 0 aliphatic carbocycles. The van der Waals surface area contributed by atoms with Crippen LogP contribution in [0.15, 0.2) is 0 Å². The lowest BCUT2D eigenvalue weighted by atomic mass is 9.95. The third-order valence-corrected chi connectivity index (χ3v) is 4.81. The summed E-state index contributed by atoms with van der Waals surface area (Å²) in [6.07, 6.45) is 11.8. The van der Waals surface area contributed by atoms with Crippen LogP contribution in [0.4, 0.5) is 0 Å². The largest absolute Gasteiger partial charge is 0.466 e. The molecule has 0 bridgehead atoms. The molecule has 0 aromatic rings. The van der Waals surface area contributed by atoms with Crippen LogP contribution >= 0.6 is 0 Å². The van der Waals surface area contributed by atoms with Gasteiger partial charge in [0.05, 0.1) is 19.6 Å². The molecule has 0 amide bonds. The number of carbonyl (C=O) groups excluding carboxylic acids is 3. The van der Waals surface area contributed by atoms with Crippen LogP contribution < -0.4 is 0 Å². The standard InChI is InChI=1S/C22H40O6/c1-4-6-8-10-12-14-16-27-20(24)18-22(26,19(3)23)21(25)28-17-15-13-11-9-7-5-2/h26H,4-18H2,1-3H3/t22-/m1/s1. The van der Waals surface area contributed by atoms with E-state index in [0.29, 0.717) is 6.42 Å². The quantitative estimate of drug-likeness (QED) is 0.207. The number of Topliss-reactive ketones (excluding diaryl/α,β-unsaturated/α-hetero) is 1. The van der Waals surface area contributed by atoms with Crippen LogP contribution in [-0.2, 0) is 23.9 Å².